The Hall–Kier alpha value is -2.53. The summed E-state index contributed by atoms with van der Waals surface area (Å²) in [6.07, 6.45) is 0.726. The summed E-state index contributed by atoms with van der Waals surface area (Å²) >= 11 is 0. The van der Waals surface area contributed by atoms with Gasteiger partial charge in [-0.15, -0.1) is 0 Å². The van der Waals surface area contributed by atoms with Crippen molar-refractivity contribution in [1.29, 1.82) is 0 Å². The van der Waals surface area contributed by atoms with Crippen LogP contribution in [0.2, 0.25) is 0 Å². The smallest absolute Gasteiger partial charge is 0.265 e. The highest BCUT2D eigenvalue weighted by atomic mass is 32.2. The van der Waals surface area contributed by atoms with E-state index in [4.69, 9.17) is 4.74 Å². The Morgan fingerprint density at radius 3 is 2.40 bits per heavy atom. The number of fused-ring (bicyclic) bond motifs is 2. The fourth-order valence-corrected chi connectivity index (χ4v) is 5.55. The number of ether oxygens (including phenoxy) is 1. The van der Waals surface area contributed by atoms with Crippen LogP contribution in [0.4, 0.5) is 5.69 Å². The number of hydrogen-bond donors (Lipinski definition) is 0. The molecule has 5 heteroatoms. The highest BCUT2D eigenvalue weighted by molar-refractivity contribution is 7.93. The Bertz CT molecular complexity index is 1060. The molecule has 0 saturated heterocycles. The summed E-state index contributed by atoms with van der Waals surface area (Å²) in [6.45, 7) is 1.95. The fraction of sp³-hybridized carbons (Fsp3) is 0.200. The SMILES string of the molecule is COc1ccc(S(=O)(=O)N2c3ccccc3C[C@H]2C)c2ccccc12. The van der Waals surface area contributed by atoms with E-state index in [1.807, 2.05) is 55.5 Å². The third kappa shape index (κ3) is 2.38. The summed E-state index contributed by atoms with van der Waals surface area (Å²) < 4.78 is 34.0. The number of methoxy groups -OCH3 is 1. The summed E-state index contributed by atoms with van der Waals surface area (Å²) in [6, 6.07) is 18.4. The van der Waals surface area contributed by atoms with E-state index in [-0.39, 0.29) is 6.04 Å². The van der Waals surface area contributed by atoms with Crippen molar-refractivity contribution < 1.29 is 13.2 Å². The Balaban J connectivity index is 1.95. The monoisotopic (exact) mass is 353 g/mol. The number of benzene rings is 3. The number of rotatable bonds is 3. The van der Waals surface area contributed by atoms with Crippen molar-refractivity contribution in [3.63, 3.8) is 0 Å². The zero-order chi connectivity index (χ0) is 17.6. The number of para-hydroxylation sites is 1. The molecule has 1 heterocycles. The van der Waals surface area contributed by atoms with Crippen LogP contribution in [-0.4, -0.2) is 21.6 Å². The van der Waals surface area contributed by atoms with Gasteiger partial charge in [0.25, 0.3) is 10.0 Å². The summed E-state index contributed by atoms with van der Waals surface area (Å²) in [4.78, 5) is 0.312. The van der Waals surface area contributed by atoms with Crippen LogP contribution in [0.3, 0.4) is 0 Å². The minimum atomic E-state index is -3.68. The number of hydrogen-bond acceptors (Lipinski definition) is 3. The molecule has 1 aliphatic rings. The first kappa shape index (κ1) is 16.0. The van der Waals surface area contributed by atoms with Crippen molar-refractivity contribution in [2.24, 2.45) is 0 Å². The van der Waals surface area contributed by atoms with E-state index >= 15 is 0 Å². The number of nitrogens with zero attached hydrogens (tertiary/aromatic N) is 1. The maximum absolute atomic E-state index is 13.5. The van der Waals surface area contributed by atoms with Crippen molar-refractivity contribution in [3.8, 4) is 5.75 Å². The van der Waals surface area contributed by atoms with Gasteiger partial charge in [-0.1, -0.05) is 42.5 Å². The van der Waals surface area contributed by atoms with Gasteiger partial charge in [0.15, 0.2) is 0 Å². The minimum Gasteiger partial charge on any atom is -0.496 e. The van der Waals surface area contributed by atoms with Crippen molar-refractivity contribution in [2.75, 3.05) is 11.4 Å². The van der Waals surface area contributed by atoms with Crippen LogP contribution < -0.4 is 9.04 Å². The van der Waals surface area contributed by atoms with Crippen LogP contribution in [0.1, 0.15) is 12.5 Å². The zero-order valence-corrected chi connectivity index (χ0v) is 15.0. The molecule has 4 rings (SSSR count). The first-order valence-electron chi connectivity index (χ1n) is 8.22. The molecule has 0 aromatic heterocycles. The van der Waals surface area contributed by atoms with E-state index in [2.05, 4.69) is 0 Å². The third-order valence-electron chi connectivity index (χ3n) is 4.75. The largest absolute Gasteiger partial charge is 0.496 e. The minimum absolute atomic E-state index is 0.108. The van der Waals surface area contributed by atoms with Gasteiger partial charge in [0, 0.05) is 16.8 Å². The molecule has 25 heavy (non-hydrogen) atoms. The highest BCUT2D eigenvalue weighted by Crippen LogP contribution is 2.39. The topological polar surface area (TPSA) is 46.6 Å². The Kier molecular flexibility index (Phi) is 3.69. The second kappa shape index (κ2) is 5.77. The van der Waals surface area contributed by atoms with Gasteiger partial charge >= 0.3 is 0 Å². The van der Waals surface area contributed by atoms with Gasteiger partial charge in [-0.2, -0.15) is 0 Å². The van der Waals surface area contributed by atoms with Crippen LogP contribution in [0.5, 0.6) is 5.75 Å². The van der Waals surface area contributed by atoms with Crippen LogP contribution in [-0.2, 0) is 16.4 Å². The summed E-state index contributed by atoms with van der Waals surface area (Å²) in [5.74, 6) is 0.671. The lowest BCUT2D eigenvalue weighted by Crippen LogP contribution is -2.35. The highest BCUT2D eigenvalue weighted by Gasteiger charge is 2.36. The lowest BCUT2D eigenvalue weighted by molar-refractivity contribution is 0.419. The molecule has 1 atom stereocenters. The molecule has 0 radical (unpaired) electrons. The molecule has 0 bridgehead atoms. The van der Waals surface area contributed by atoms with E-state index in [1.54, 1.807) is 23.5 Å². The van der Waals surface area contributed by atoms with Gasteiger partial charge in [-0.25, -0.2) is 8.42 Å². The average molecular weight is 353 g/mol. The zero-order valence-electron chi connectivity index (χ0n) is 14.1. The molecule has 4 nitrogen and oxygen atoms in total. The van der Waals surface area contributed by atoms with Crippen LogP contribution in [0.25, 0.3) is 10.8 Å². The van der Waals surface area contributed by atoms with Crippen molar-refractivity contribution in [1.82, 2.24) is 0 Å². The maximum atomic E-state index is 13.5. The summed E-state index contributed by atoms with van der Waals surface area (Å²) in [7, 11) is -2.08. The maximum Gasteiger partial charge on any atom is 0.265 e. The van der Waals surface area contributed by atoms with Gasteiger partial charge < -0.3 is 4.74 Å². The van der Waals surface area contributed by atoms with E-state index in [0.717, 1.165) is 23.1 Å². The average Bonchev–Trinajstić information content (AvgIpc) is 2.97. The Labute approximate surface area is 147 Å². The molecule has 128 valence electrons. The van der Waals surface area contributed by atoms with Gasteiger partial charge in [-0.3, -0.25) is 4.31 Å². The molecule has 3 aromatic carbocycles. The van der Waals surface area contributed by atoms with Crippen molar-refractivity contribution in [2.45, 2.75) is 24.3 Å². The molecule has 0 spiro atoms. The number of anilines is 1. The van der Waals surface area contributed by atoms with E-state index < -0.39 is 10.0 Å². The van der Waals surface area contributed by atoms with E-state index in [9.17, 15) is 8.42 Å². The molecular weight excluding hydrogens is 334 g/mol. The van der Waals surface area contributed by atoms with Crippen molar-refractivity contribution in [3.05, 3.63) is 66.2 Å². The molecule has 0 N–H and O–H groups in total. The first-order valence-corrected chi connectivity index (χ1v) is 9.66. The summed E-state index contributed by atoms with van der Waals surface area (Å²) in [5, 5.41) is 1.48. The lowest BCUT2D eigenvalue weighted by atomic mass is 10.1. The second-order valence-electron chi connectivity index (χ2n) is 6.29. The predicted molar refractivity (Wildman–Crippen MR) is 99.8 cm³/mol. The normalized spacial score (nSPS) is 16.9. The first-order chi connectivity index (χ1) is 12.0. The quantitative estimate of drug-likeness (QED) is 0.715. The van der Waals surface area contributed by atoms with Crippen LogP contribution >= 0.6 is 0 Å². The predicted octanol–water partition coefficient (Wildman–Crippen LogP) is 3.99. The molecule has 0 saturated carbocycles. The standard InChI is InChI=1S/C20H19NO3S/c1-14-13-15-7-3-6-10-18(15)21(14)25(22,23)20-12-11-19(24-2)16-8-4-5-9-17(16)20/h3-12,14H,13H2,1-2H3/t14-/m1/s1. The Morgan fingerprint density at radius 1 is 0.960 bits per heavy atom. The van der Waals surface area contributed by atoms with Gasteiger partial charge in [-0.05, 0) is 37.1 Å². The molecule has 0 aliphatic carbocycles. The third-order valence-corrected chi connectivity index (χ3v) is 6.73. The molecule has 1 aliphatic heterocycles. The molecule has 0 amide bonds. The van der Waals surface area contributed by atoms with Gasteiger partial charge in [0.2, 0.25) is 0 Å². The molecule has 0 fully saturated rings. The lowest BCUT2D eigenvalue weighted by Gasteiger charge is -2.25. The van der Waals surface area contributed by atoms with Gasteiger partial charge in [0.1, 0.15) is 5.75 Å². The van der Waals surface area contributed by atoms with E-state index in [0.29, 0.717) is 16.0 Å². The van der Waals surface area contributed by atoms with Crippen LogP contribution in [0.15, 0.2) is 65.6 Å². The fourth-order valence-electron chi connectivity index (χ4n) is 3.66. The Morgan fingerprint density at radius 2 is 1.64 bits per heavy atom. The number of sulfonamides is 1. The molecule has 3 aromatic rings. The summed E-state index contributed by atoms with van der Waals surface area (Å²) in [5.41, 5.74) is 1.84. The second-order valence-corrected chi connectivity index (χ2v) is 8.08. The molecule has 0 unspecified atom stereocenters. The molecular formula is C20H19NO3S. The van der Waals surface area contributed by atoms with Crippen molar-refractivity contribution >= 4 is 26.5 Å². The van der Waals surface area contributed by atoms with Crippen LogP contribution in [0, 0.1) is 0 Å². The van der Waals surface area contributed by atoms with E-state index in [1.165, 1.54) is 0 Å². The van der Waals surface area contributed by atoms with Gasteiger partial charge in [0.05, 0.1) is 17.7 Å².